The molecule has 1 saturated carbocycles. The first-order valence-corrected chi connectivity index (χ1v) is 9.99. The number of pyridine rings is 1. The fourth-order valence-electron chi connectivity index (χ4n) is 4.21. The molecule has 0 unspecified atom stereocenters. The van der Waals surface area contributed by atoms with E-state index in [4.69, 9.17) is 9.47 Å². The zero-order chi connectivity index (χ0) is 18.7. The minimum absolute atomic E-state index is 0.0723. The van der Waals surface area contributed by atoms with E-state index in [9.17, 15) is 9.59 Å². The topological polar surface area (TPSA) is 80.8 Å². The summed E-state index contributed by atoms with van der Waals surface area (Å²) in [6.45, 7) is 2.42. The van der Waals surface area contributed by atoms with Gasteiger partial charge in [0.1, 0.15) is 5.69 Å². The predicted molar refractivity (Wildman–Crippen MR) is 98.3 cm³/mol. The lowest BCUT2D eigenvalue weighted by atomic mass is 9.95. The second-order valence-electron chi connectivity index (χ2n) is 7.64. The highest BCUT2D eigenvalue weighted by atomic mass is 16.7. The minimum Gasteiger partial charge on any atom is -0.348 e. The molecular weight excluding hydrogens is 346 g/mol. The molecule has 3 heterocycles. The highest BCUT2D eigenvalue weighted by molar-refractivity contribution is 5.98. The lowest BCUT2D eigenvalue weighted by Gasteiger charge is -2.37. The van der Waals surface area contributed by atoms with Crippen LogP contribution in [0.4, 0.5) is 0 Å². The Hall–Kier alpha value is -1.99. The quantitative estimate of drug-likeness (QED) is 0.878. The molecule has 2 amide bonds. The Labute approximate surface area is 159 Å². The molecule has 7 nitrogen and oxygen atoms in total. The number of nitrogens with zero attached hydrogens (tertiary/aromatic N) is 2. The first-order valence-electron chi connectivity index (χ1n) is 9.99. The number of hydrogen-bond acceptors (Lipinski definition) is 5. The molecule has 1 aromatic rings. The molecule has 0 atom stereocenters. The average Bonchev–Trinajstić information content (AvgIpc) is 3.17. The Balaban J connectivity index is 1.38. The second kappa shape index (κ2) is 7.94. The summed E-state index contributed by atoms with van der Waals surface area (Å²) in [4.78, 5) is 31.3. The normalized spacial score (nSPS) is 22.7. The van der Waals surface area contributed by atoms with E-state index in [-0.39, 0.29) is 17.9 Å². The summed E-state index contributed by atoms with van der Waals surface area (Å²) >= 11 is 0. The van der Waals surface area contributed by atoms with Gasteiger partial charge in [0.25, 0.3) is 11.8 Å². The van der Waals surface area contributed by atoms with Gasteiger partial charge in [-0.05, 0) is 25.0 Å². The Morgan fingerprint density at radius 3 is 2.52 bits per heavy atom. The highest BCUT2D eigenvalue weighted by Crippen LogP contribution is 2.31. The standard InChI is InChI=1S/C20H27N3O4/c24-18(22-16-4-2-1-3-5-16)17-14-15(6-9-21-17)19(25)23-10-7-20(8-11-23)26-12-13-27-20/h6,9,14,16H,1-5,7-8,10-13H2,(H,22,24). The van der Waals surface area contributed by atoms with E-state index in [1.807, 2.05) is 0 Å². The third kappa shape index (κ3) is 4.14. The van der Waals surface area contributed by atoms with Gasteiger partial charge in [-0.1, -0.05) is 19.3 Å². The van der Waals surface area contributed by atoms with Crippen molar-refractivity contribution in [1.82, 2.24) is 15.2 Å². The van der Waals surface area contributed by atoms with Gasteiger partial charge in [0.15, 0.2) is 5.79 Å². The van der Waals surface area contributed by atoms with Crippen LogP contribution in [0.2, 0.25) is 0 Å². The number of amides is 2. The average molecular weight is 373 g/mol. The van der Waals surface area contributed by atoms with E-state index in [0.29, 0.717) is 50.4 Å². The number of ether oxygens (including phenoxy) is 2. The SMILES string of the molecule is O=C(NC1CCCCC1)c1cc(C(=O)N2CCC3(CC2)OCCO3)ccn1. The van der Waals surface area contributed by atoms with Gasteiger partial charge in [0.2, 0.25) is 0 Å². The van der Waals surface area contributed by atoms with Crippen molar-refractivity contribution in [2.24, 2.45) is 0 Å². The molecule has 3 aliphatic rings. The van der Waals surface area contributed by atoms with Crippen LogP contribution in [0.25, 0.3) is 0 Å². The molecule has 2 saturated heterocycles. The van der Waals surface area contributed by atoms with Crippen molar-refractivity contribution in [3.8, 4) is 0 Å². The van der Waals surface area contributed by atoms with E-state index in [2.05, 4.69) is 10.3 Å². The van der Waals surface area contributed by atoms with Gasteiger partial charge < -0.3 is 19.7 Å². The number of nitrogens with one attached hydrogen (secondary N) is 1. The van der Waals surface area contributed by atoms with Crippen LogP contribution in [-0.2, 0) is 9.47 Å². The molecule has 0 bridgehead atoms. The molecule has 4 rings (SSSR count). The molecule has 7 heteroatoms. The number of carbonyl (C=O) groups is 2. The van der Waals surface area contributed by atoms with Gasteiger partial charge >= 0.3 is 0 Å². The van der Waals surface area contributed by atoms with Crippen molar-refractivity contribution in [3.63, 3.8) is 0 Å². The number of aromatic nitrogens is 1. The number of rotatable bonds is 3. The van der Waals surface area contributed by atoms with Gasteiger partial charge in [-0.15, -0.1) is 0 Å². The smallest absolute Gasteiger partial charge is 0.270 e. The summed E-state index contributed by atoms with van der Waals surface area (Å²) in [6.07, 6.45) is 8.48. The molecule has 3 fully saturated rings. The van der Waals surface area contributed by atoms with Gasteiger partial charge in [-0.2, -0.15) is 0 Å². The molecule has 1 aromatic heterocycles. The molecule has 0 radical (unpaired) electrons. The van der Waals surface area contributed by atoms with Gasteiger partial charge in [-0.3, -0.25) is 14.6 Å². The molecular formula is C20H27N3O4. The first kappa shape index (κ1) is 18.4. The fourth-order valence-corrected chi connectivity index (χ4v) is 4.21. The molecule has 1 spiro atoms. The van der Waals surface area contributed by atoms with E-state index >= 15 is 0 Å². The zero-order valence-electron chi connectivity index (χ0n) is 15.6. The third-order valence-corrected chi connectivity index (χ3v) is 5.81. The minimum atomic E-state index is -0.500. The molecule has 2 aliphatic heterocycles. The number of likely N-dealkylation sites (tertiary alicyclic amines) is 1. The van der Waals surface area contributed by atoms with Crippen LogP contribution in [0.5, 0.6) is 0 Å². The van der Waals surface area contributed by atoms with Crippen molar-refractivity contribution >= 4 is 11.8 Å². The van der Waals surface area contributed by atoms with Crippen molar-refractivity contribution in [2.45, 2.75) is 56.8 Å². The number of carbonyl (C=O) groups excluding carboxylic acids is 2. The van der Waals surface area contributed by atoms with Crippen LogP contribution in [0, 0.1) is 0 Å². The molecule has 0 aromatic carbocycles. The summed E-state index contributed by atoms with van der Waals surface area (Å²) < 4.78 is 11.4. The largest absolute Gasteiger partial charge is 0.348 e. The van der Waals surface area contributed by atoms with Crippen LogP contribution in [0.15, 0.2) is 18.3 Å². The van der Waals surface area contributed by atoms with Crippen molar-refractivity contribution in [1.29, 1.82) is 0 Å². The zero-order valence-corrected chi connectivity index (χ0v) is 15.6. The summed E-state index contributed by atoms with van der Waals surface area (Å²) in [5.41, 5.74) is 0.811. The third-order valence-electron chi connectivity index (χ3n) is 5.81. The van der Waals surface area contributed by atoms with Crippen molar-refractivity contribution in [3.05, 3.63) is 29.6 Å². The fraction of sp³-hybridized carbons (Fsp3) is 0.650. The van der Waals surface area contributed by atoms with Crippen molar-refractivity contribution < 1.29 is 19.1 Å². The van der Waals surface area contributed by atoms with Crippen molar-refractivity contribution in [2.75, 3.05) is 26.3 Å². The maximum Gasteiger partial charge on any atom is 0.270 e. The van der Waals surface area contributed by atoms with Crippen LogP contribution >= 0.6 is 0 Å². The molecule has 27 heavy (non-hydrogen) atoms. The Bertz CT molecular complexity index is 686. The van der Waals surface area contributed by atoms with E-state index in [1.54, 1.807) is 17.0 Å². The predicted octanol–water partition coefficient (Wildman–Crippen LogP) is 2.12. The Morgan fingerprint density at radius 2 is 1.81 bits per heavy atom. The summed E-state index contributed by atoms with van der Waals surface area (Å²) in [6, 6.07) is 3.50. The van der Waals surface area contributed by atoms with E-state index in [1.165, 1.54) is 12.6 Å². The lowest BCUT2D eigenvalue weighted by Crippen LogP contribution is -2.47. The second-order valence-corrected chi connectivity index (χ2v) is 7.64. The van der Waals surface area contributed by atoms with E-state index < -0.39 is 5.79 Å². The van der Waals surface area contributed by atoms with Crippen LogP contribution in [0.3, 0.4) is 0 Å². The van der Waals surface area contributed by atoms with E-state index in [0.717, 1.165) is 25.7 Å². The summed E-state index contributed by atoms with van der Waals surface area (Å²) in [7, 11) is 0. The summed E-state index contributed by atoms with van der Waals surface area (Å²) in [5.74, 6) is -0.765. The Kier molecular flexibility index (Phi) is 5.41. The molecule has 146 valence electrons. The van der Waals surface area contributed by atoms with Crippen LogP contribution in [-0.4, -0.2) is 59.8 Å². The summed E-state index contributed by atoms with van der Waals surface area (Å²) in [5, 5.41) is 3.05. The monoisotopic (exact) mass is 373 g/mol. The number of piperidine rings is 1. The van der Waals surface area contributed by atoms with Gasteiger partial charge in [-0.25, -0.2) is 0 Å². The van der Waals surface area contributed by atoms with Crippen LogP contribution < -0.4 is 5.32 Å². The van der Waals surface area contributed by atoms with Gasteiger partial charge in [0, 0.05) is 43.7 Å². The molecule has 1 N–H and O–H groups in total. The lowest BCUT2D eigenvalue weighted by molar-refractivity contribution is -0.181. The van der Waals surface area contributed by atoms with Gasteiger partial charge in [0.05, 0.1) is 13.2 Å². The maximum absolute atomic E-state index is 12.9. The Morgan fingerprint density at radius 1 is 1.11 bits per heavy atom. The highest BCUT2D eigenvalue weighted by Gasteiger charge is 2.40. The molecule has 1 aliphatic carbocycles. The maximum atomic E-state index is 12.9. The van der Waals surface area contributed by atoms with Crippen LogP contribution in [0.1, 0.15) is 65.8 Å². The first-order chi connectivity index (χ1) is 13.2. The number of hydrogen-bond donors (Lipinski definition) is 1.